The first-order valence-corrected chi connectivity index (χ1v) is 8.94. The number of benzene rings is 1. The van der Waals surface area contributed by atoms with Crippen LogP contribution in [0.25, 0.3) is 0 Å². The first-order valence-electron chi connectivity index (χ1n) is 8.06. The Bertz CT molecular complexity index is 759. The average Bonchev–Trinajstić information content (AvgIpc) is 2.98. The van der Waals surface area contributed by atoms with Crippen molar-refractivity contribution in [3.8, 4) is 0 Å². The maximum atomic E-state index is 12.5. The topological polar surface area (TPSA) is 73.8 Å². The molecule has 2 amide bonds. The van der Waals surface area contributed by atoms with Crippen LogP contribution in [0.4, 0.5) is 5.69 Å². The van der Waals surface area contributed by atoms with Gasteiger partial charge in [0, 0.05) is 24.5 Å². The van der Waals surface area contributed by atoms with E-state index in [2.05, 4.69) is 20.5 Å². The maximum absolute atomic E-state index is 12.5. The monoisotopic (exact) mass is 342 g/mol. The lowest BCUT2D eigenvalue weighted by molar-refractivity contribution is -0.122. The van der Waals surface area contributed by atoms with Crippen LogP contribution in [0.2, 0.25) is 0 Å². The van der Waals surface area contributed by atoms with Gasteiger partial charge in [-0.25, -0.2) is 0 Å². The van der Waals surface area contributed by atoms with Gasteiger partial charge >= 0.3 is 0 Å². The number of fused-ring (bicyclic) bond motifs is 2. The van der Waals surface area contributed by atoms with E-state index < -0.39 is 0 Å². The Morgan fingerprint density at radius 2 is 2.29 bits per heavy atom. The Kier molecular flexibility index (Phi) is 4.02. The number of aliphatic imine (C=N–C) groups is 1. The summed E-state index contributed by atoms with van der Waals surface area (Å²) < 4.78 is 0. The summed E-state index contributed by atoms with van der Waals surface area (Å²) in [6, 6.07) is 7.33. The molecule has 7 heteroatoms. The molecule has 0 aromatic heterocycles. The first kappa shape index (κ1) is 15.3. The normalized spacial score (nSPS) is 22.1. The zero-order valence-corrected chi connectivity index (χ0v) is 13.9. The van der Waals surface area contributed by atoms with Gasteiger partial charge in [0.1, 0.15) is 0 Å². The average molecular weight is 342 g/mol. The molecule has 124 valence electrons. The van der Waals surface area contributed by atoms with Crippen LogP contribution in [0.3, 0.4) is 0 Å². The van der Waals surface area contributed by atoms with Gasteiger partial charge in [0.15, 0.2) is 5.17 Å². The smallest absolute Gasteiger partial charge is 0.226 e. The first-order chi connectivity index (χ1) is 11.7. The Hall–Kier alpha value is -2.28. The molecular weight excluding hydrogens is 324 g/mol. The van der Waals surface area contributed by atoms with Crippen LogP contribution in [0.15, 0.2) is 40.4 Å². The van der Waals surface area contributed by atoms with Crippen LogP contribution in [0.5, 0.6) is 0 Å². The Labute approximate surface area is 144 Å². The SMILES string of the molecule is O=C1C[C@@H](NC(=O)CC2=CSC3=NCCCN23)c2ccccc2N1. The van der Waals surface area contributed by atoms with Gasteiger partial charge in [-0.2, -0.15) is 0 Å². The number of thioether (sulfide) groups is 1. The number of para-hydroxylation sites is 1. The Morgan fingerprint density at radius 1 is 1.42 bits per heavy atom. The van der Waals surface area contributed by atoms with Crippen molar-refractivity contribution in [2.75, 3.05) is 18.4 Å². The third-order valence-electron chi connectivity index (χ3n) is 4.34. The van der Waals surface area contributed by atoms with E-state index in [1.54, 1.807) is 11.8 Å². The zero-order chi connectivity index (χ0) is 16.5. The van der Waals surface area contributed by atoms with Crippen molar-refractivity contribution in [2.24, 2.45) is 4.99 Å². The van der Waals surface area contributed by atoms with E-state index in [0.717, 1.165) is 41.6 Å². The molecule has 6 nitrogen and oxygen atoms in total. The van der Waals surface area contributed by atoms with Crippen molar-refractivity contribution in [1.29, 1.82) is 0 Å². The van der Waals surface area contributed by atoms with Crippen molar-refractivity contribution in [3.63, 3.8) is 0 Å². The molecule has 2 N–H and O–H groups in total. The fourth-order valence-electron chi connectivity index (χ4n) is 3.22. The van der Waals surface area contributed by atoms with E-state index in [1.165, 1.54) is 0 Å². The quantitative estimate of drug-likeness (QED) is 0.883. The minimum Gasteiger partial charge on any atom is -0.348 e. The molecule has 0 fully saturated rings. The number of carbonyl (C=O) groups excluding carboxylic acids is 2. The van der Waals surface area contributed by atoms with Gasteiger partial charge in [-0.1, -0.05) is 30.0 Å². The van der Waals surface area contributed by atoms with Crippen LogP contribution in [0.1, 0.15) is 30.9 Å². The molecule has 0 aliphatic carbocycles. The molecule has 1 atom stereocenters. The van der Waals surface area contributed by atoms with Gasteiger partial charge in [-0.05, 0) is 23.5 Å². The lowest BCUT2D eigenvalue weighted by Gasteiger charge is -2.28. The van der Waals surface area contributed by atoms with E-state index in [0.29, 0.717) is 6.42 Å². The summed E-state index contributed by atoms with van der Waals surface area (Å²) in [4.78, 5) is 30.9. The molecule has 3 aliphatic rings. The molecule has 3 aliphatic heterocycles. The number of rotatable bonds is 3. The number of anilines is 1. The third kappa shape index (κ3) is 2.91. The molecule has 0 spiro atoms. The number of amides is 2. The number of carbonyl (C=O) groups is 2. The van der Waals surface area contributed by atoms with Crippen LogP contribution in [0, 0.1) is 0 Å². The molecule has 1 aromatic carbocycles. The van der Waals surface area contributed by atoms with Crippen molar-refractivity contribution < 1.29 is 9.59 Å². The Morgan fingerprint density at radius 3 is 3.21 bits per heavy atom. The van der Waals surface area contributed by atoms with Crippen molar-refractivity contribution >= 4 is 34.4 Å². The van der Waals surface area contributed by atoms with Crippen LogP contribution >= 0.6 is 11.8 Å². The second-order valence-corrected chi connectivity index (χ2v) is 6.87. The van der Waals surface area contributed by atoms with Crippen LogP contribution in [-0.4, -0.2) is 35.0 Å². The summed E-state index contributed by atoms with van der Waals surface area (Å²) in [6.45, 7) is 1.78. The van der Waals surface area contributed by atoms with Gasteiger partial charge in [0.2, 0.25) is 11.8 Å². The molecule has 0 bridgehead atoms. The second kappa shape index (κ2) is 6.32. The lowest BCUT2D eigenvalue weighted by atomic mass is 9.97. The number of hydrogen-bond acceptors (Lipinski definition) is 5. The summed E-state index contributed by atoms with van der Waals surface area (Å²) >= 11 is 1.58. The van der Waals surface area contributed by atoms with Gasteiger partial charge in [0.25, 0.3) is 0 Å². The number of nitrogens with one attached hydrogen (secondary N) is 2. The van der Waals surface area contributed by atoms with Crippen molar-refractivity contribution in [1.82, 2.24) is 10.2 Å². The van der Waals surface area contributed by atoms with Gasteiger partial charge < -0.3 is 15.5 Å². The summed E-state index contributed by atoms with van der Waals surface area (Å²) in [6.07, 6.45) is 1.60. The van der Waals surface area contributed by atoms with E-state index in [9.17, 15) is 9.59 Å². The predicted octanol–water partition coefficient (Wildman–Crippen LogP) is 2.23. The number of amidine groups is 1. The summed E-state index contributed by atoms with van der Waals surface area (Å²) in [7, 11) is 0. The highest BCUT2D eigenvalue weighted by Crippen LogP contribution is 2.32. The standard InChI is InChI=1S/C17H18N4O2S/c22-15(8-11-10-24-17-18-6-3-7-21(11)17)20-14-9-16(23)19-13-5-2-1-4-12(13)14/h1-2,4-5,10,14H,3,6-9H2,(H,19,23)(H,20,22)/t14-/m1/s1. The van der Waals surface area contributed by atoms with E-state index in [4.69, 9.17) is 0 Å². The highest BCUT2D eigenvalue weighted by Gasteiger charge is 2.29. The third-order valence-corrected chi connectivity index (χ3v) is 5.29. The maximum Gasteiger partial charge on any atom is 0.226 e. The fourth-order valence-corrected chi connectivity index (χ4v) is 4.18. The second-order valence-electron chi connectivity index (χ2n) is 6.03. The zero-order valence-electron chi connectivity index (χ0n) is 13.1. The summed E-state index contributed by atoms with van der Waals surface area (Å²) in [5.41, 5.74) is 2.73. The summed E-state index contributed by atoms with van der Waals surface area (Å²) in [5, 5.41) is 8.85. The minimum atomic E-state index is -0.272. The largest absolute Gasteiger partial charge is 0.348 e. The van der Waals surface area contributed by atoms with E-state index in [-0.39, 0.29) is 24.3 Å². The number of hydrogen-bond donors (Lipinski definition) is 2. The lowest BCUT2D eigenvalue weighted by Crippen LogP contribution is -2.37. The molecule has 24 heavy (non-hydrogen) atoms. The molecule has 0 saturated carbocycles. The van der Waals surface area contributed by atoms with Crippen molar-refractivity contribution in [3.05, 3.63) is 40.9 Å². The highest BCUT2D eigenvalue weighted by molar-refractivity contribution is 8.16. The molecule has 4 rings (SSSR count). The molecule has 0 radical (unpaired) electrons. The van der Waals surface area contributed by atoms with Crippen molar-refractivity contribution in [2.45, 2.75) is 25.3 Å². The van der Waals surface area contributed by atoms with Gasteiger partial charge in [0.05, 0.1) is 18.9 Å². The molecule has 3 heterocycles. The van der Waals surface area contributed by atoms with Gasteiger partial charge in [-0.3, -0.25) is 14.6 Å². The van der Waals surface area contributed by atoms with Gasteiger partial charge in [-0.15, -0.1) is 0 Å². The van der Waals surface area contributed by atoms with E-state index in [1.807, 2.05) is 29.7 Å². The Balaban J connectivity index is 1.44. The fraction of sp³-hybridized carbons (Fsp3) is 0.353. The molecule has 0 unspecified atom stereocenters. The minimum absolute atomic E-state index is 0.0665. The molecular formula is C17H18N4O2S. The van der Waals surface area contributed by atoms with Crippen LogP contribution < -0.4 is 10.6 Å². The molecule has 1 aromatic rings. The van der Waals surface area contributed by atoms with E-state index >= 15 is 0 Å². The summed E-state index contributed by atoms with van der Waals surface area (Å²) in [5.74, 6) is -0.136. The van der Waals surface area contributed by atoms with Crippen LogP contribution in [-0.2, 0) is 9.59 Å². The highest BCUT2D eigenvalue weighted by atomic mass is 32.2. The molecule has 0 saturated heterocycles. The number of nitrogens with zero attached hydrogens (tertiary/aromatic N) is 2. The predicted molar refractivity (Wildman–Crippen MR) is 94.5 cm³/mol.